The van der Waals surface area contributed by atoms with Gasteiger partial charge in [-0.05, 0) is 72.4 Å². The Morgan fingerprint density at radius 2 is 1.77 bits per heavy atom. The molecule has 1 heterocycles. The standard InChI is InChI=1S/C20H18ClN3.CH3I/c1-13-8-18-19(21)9-14(2)23-20(18)10-16(13)12-24(3)17-6-4-15(11-22)5-7-17;1-2/h4-10H,12H2,1-3H3;1H3. The van der Waals surface area contributed by atoms with Gasteiger partial charge in [-0.25, -0.2) is 0 Å². The van der Waals surface area contributed by atoms with Crippen LogP contribution >= 0.6 is 34.2 Å². The first kappa shape index (κ1) is 20.5. The number of nitriles is 1. The van der Waals surface area contributed by atoms with E-state index in [4.69, 9.17) is 16.9 Å². The van der Waals surface area contributed by atoms with Crippen LogP contribution in [0.15, 0.2) is 42.5 Å². The molecule has 0 N–H and O–H groups in total. The Labute approximate surface area is 173 Å². The molecule has 0 aliphatic heterocycles. The van der Waals surface area contributed by atoms with Crippen molar-refractivity contribution in [2.75, 3.05) is 16.9 Å². The van der Waals surface area contributed by atoms with E-state index < -0.39 is 0 Å². The van der Waals surface area contributed by atoms with Crippen molar-refractivity contribution in [3.8, 4) is 6.07 Å². The zero-order valence-corrected chi connectivity index (χ0v) is 18.3. The molecule has 5 heteroatoms. The van der Waals surface area contributed by atoms with Gasteiger partial charge in [0.1, 0.15) is 0 Å². The van der Waals surface area contributed by atoms with E-state index in [-0.39, 0.29) is 0 Å². The molecule has 0 amide bonds. The van der Waals surface area contributed by atoms with Crippen molar-refractivity contribution < 1.29 is 0 Å². The maximum atomic E-state index is 8.90. The minimum Gasteiger partial charge on any atom is -0.370 e. The molecule has 0 radical (unpaired) electrons. The average Bonchev–Trinajstić information content (AvgIpc) is 2.65. The van der Waals surface area contributed by atoms with E-state index in [1.54, 1.807) is 0 Å². The normalized spacial score (nSPS) is 10.0. The van der Waals surface area contributed by atoms with E-state index in [0.717, 1.165) is 33.9 Å². The molecule has 2 aromatic carbocycles. The number of alkyl halides is 1. The predicted octanol–water partition coefficient (Wildman–Crippen LogP) is 6.06. The summed E-state index contributed by atoms with van der Waals surface area (Å²) in [6.07, 6.45) is 0. The maximum Gasteiger partial charge on any atom is 0.0991 e. The molecular weight excluding hydrogens is 457 g/mol. The number of hydrogen-bond donors (Lipinski definition) is 0. The lowest BCUT2D eigenvalue weighted by Gasteiger charge is -2.21. The van der Waals surface area contributed by atoms with Crippen molar-refractivity contribution in [3.05, 3.63) is 69.9 Å². The van der Waals surface area contributed by atoms with Crippen LogP contribution < -0.4 is 4.90 Å². The molecule has 0 atom stereocenters. The molecule has 0 bridgehead atoms. The van der Waals surface area contributed by atoms with Crippen LogP contribution in [0.1, 0.15) is 22.4 Å². The fourth-order valence-electron chi connectivity index (χ4n) is 2.81. The Bertz CT molecular complexity index is 946. The van der Waals surface area contributed by atoms with Crippen molar-refractivity contribution in [2.24, 2.45) is 0 Å². The first-order chi connectivity index (χ1) is 12.5. The van der Waals surface area contributed by atoms with Gasteiger partial charge in [0.05, 0.1) is 22.2 Å². The molecule has 0 aliphatic rings. The minimum absolute atomic E-state index is 0.670. The van der Waals surface area contributed by atoms with Gasteiger partial charge in [0, 0.05) is 30.4 Å². The summed E-state index contributed by atoms with van der Waals surface area (Å²) in [7, 11) is 2.04. The summed E-state index contributed by atoms with van der Waals surface area (Å²) in [4.78, 5) is 8.73. The Balaban J connectivity index is 0.00000117. The summed E-state index contributed by atoms with van der Waals surface area (Å²) < 4.78 is 0. The van der Waals surface area contributed by atoms with E-state index in [1.165, 1.54) is 11.1 Å². The van der Waals surface area contributed by atoms with Gasteiger partial charge in [0.15, 0.2) is 0 Å². The third kappa shape index (κ3) is 4.66. The van der Waals surface area contributed by atoms with E-state index in [2.05, 4.69) is 57.6 Å². The number of rotatable bonds is 3. The molecule has 0 saturated carbocycles. The van der Waals surface area contributed by atoms with Gasteiger partial charge in [0.25, 0.3) is 0 Å². The van der Waals surface area contributed by atoms with Crippen LogP contribution in [0.5, 0.6) is 0 Å². The van der Waals surface area contributed by atoms with E-state index in [1.807, 2.05) is 49.2 Å². The van der Waals surface area contributed by atoms with Crippen molar-refractivity contribution in [3.63, 3.8) is 0 Å². The van der Waals surface area contributed by atoms with Gasteiger partial charge in [-0.2, -0.15) is 5.26 Å². The summed E-state index contributed by atoms with van der Waals surface area (Å²) in [6.45, 7) is 4.81. The molecule has 26 heavy (non-hydrogen) atoms. The lowest BCUT2D eigenvalue weighted by molar-refractivity contribution is 0.915. The Morgan fingerprint density at radius 3 is 2.38 bits per heavy atom. The smallest absolute Gasteiger partial charge is 0.0991 e. The molecule has 3 aromatic rings. The molecule has 3 nitrogen and oxygen atoms in total. The Hall–Kier alpha value is -1.84. The highest BCUT2D eigenvalue weighted by molar-refractivity contribution is 14.1. The van der Waals surface area contributed by atoms with Crippen LogP contribution in [0.2, 0.25) is 5.02 Å². The number of fused-ring (bicyclic) bond motifs is 1. The highest BCUT2D eigenvalue weighted by Crippen LogP contribution is 2.27. The molecular formula is C21H21ClIN3. The average molecular weight is 478 g/mol. The molecule has 0 unspecified atom stereocenters. The fraction of sp³-hybridized carbons (Fsp3) is 0.238. The summed E-state index contributed by atoms with van der Waals surface area (Å²) >= 11 is 8.49. The second kappa shape index (κ2) is 9.20. The quantitative estimate of drug-likeness (QED) is 0.340. The van der Waals surface area contributed by atoms with Crippen LogP contribution in [0.25, 0.3) is 10.9 Å². The molecule has 1 aromatic heterocycles. The monoisotopic (exact) mass is 477 g/mol. The molecule has 0 aliphatic carbocycles. The topological polar surface area (TPSA) is 39.9 Å². The van der Waals surface area contributed by atoms with Gasteiger partial charge < -0.3 is 4.90 Å². The lowest BCUT2D eigenvalue weighted by Crippen LogP contribution is -2.17. The summed E-state index contributed by atoms with van der Waals surface area (Å²) in [6, 6.07) is 15.9. The molecule has 0 spiro atoms. The first-order valence-electron chi connectivity index (χ1n) is 8.13. The highest BCUT2D eigenvalue weighted by atomic mass is 127. The van der Waals surface area contributed by atoms with Crippen LogP contribution in [-0.2, 0) is 6.54 Å². The van der Waals surface area contributed by atoms with Crippen LogP contribution in [0, 0.1) is 25.2 Å². The number of aryl methyl sites for hydroxylation is 2. The van der Waals surface area contributed by atoms with Gasteiger partial charge in [-0.1, -0.05) is 34.2 Å². The van der Waals surface area contributed by atoms with Crippen LogP contribution in [0.4, 0.5) is 5.69 Å². The van der Waals surface area contributed by atoms with Crippen molar-refractivity contribution >= 4 is 50.8 Å². The summed E-state index contributed by atoms with van der Waals surface area (Å²) in [5.41, 5.74) is 5.99. The van der Waals surface area contributed by atoms with E-state index in [9.17, 15) is 0 Å². The zero-order valence-electron chi connectivity index (χ0n) is 15.3. The number of pyridine rings is 1. The number of nitrogens with zero attached hydrogens (tertiary/aromatic N) is 3. The number of anilines is 1. The fourth-order valence-corrected chi connectivity index (χ4v) is 3.12. The van der Waals surface area contributed by atoms with Crippen molar-refractivity contribution in [1.29, 1.82) is 5.26 Å². The highest BCUT2D eigenvalue weighted by Gasteiger charge is 2.09. The minimum atomic E-state index is 0.670. The van der Waals surface area contributed by atoms with Crippen molar-refractivity contribution in [1.82, 2.24) is 4.98 Å². The summed E-state index contributed by atoms with van der Waals surface area (Å²) in [5, 5.41) is 10.6. The molecule has 0 saturated heterocycles. The van der Waals surface area contributed by atoms with E-state index in [0.29, 0.717) is 5.56 Å². The van der Waals surface area contributed by atoms with Gasteiger partial charge >= 0.3 is 0 Å². The number of hydrogen-bond acceptors (Lipinski definition) is 3. The van der Waals surface area contributed by atoms with Crippen molar-refractivity contribution in [2.45, 2.75) is 20.4 Å². The van der Waals surface area contributed by atoms with Gasteiger partial charge in [0.2, 0.25) is 0 Å². The predicted molar refractivity (Wildman–Crippen MR) is 119 cm³/mol. The van der Waals surface area contributed by atoms with Crippen LogP contribution in [-0.4, -0.2) is 17.0 Å². The summed E-state index contributed by atoms with van der Waals surface area (Å²) in [5.74, 6) is 0. The second-order valence-corrected chi connectivity index (χ2v) is 6.46. The molecule has 134 valence electrons. The second-order valence-electron chi connectivity index (χ2n) is 6.06. The SMILES string of the molecule is CI.Cc1cc(Cl)c2cc(C)c(CN(C)c3ccc(C#N)cc3)cc2n1. The van der Waals surface area contributed by atoms with Gasteiger partial charge in [-0.3, -0.25) is 4.98 Å². The third-order valence-electron chi connectivity index (χ3n) is 4.19. The largest absolute Gasteiger partial charge is 0.370 e. The Morgan fingerprint density at radius 1 is 1.12 bits per heavy atom. The number of aromatic nitrogens is 1. The molecule has 0 fully saturated rings. The molecule has 3 rings (SSSR count). The lowest BCUT2D eigenvalue weighted by atomic mass is 10.0. The number of benzene rings is 2. The first-order valence-corrected chi connectivity index (χ1v) is 10.7. The van der Waals surface area contributed by atoms with Gasteiger partial charge in [-0.15, -0.1) is 0 Å². The van der Waals surface area contributed by atoms with Crippen LogP contribution in [0.3, 0.4) is 0 Å². The zero-order chi connectivity index (χ0) is 19.3. The third-order valence-corrected chi connectivity index (χ3v) is 4.50. The Kier molecular flexibility index (Phi) is 7.24. The maximum absolute atomic E-state index is 8.90. The number of halogens is 2. The van der Waals surface area contributed by atoms with E-state index >= 15 is 0 Å².